The van der Waals surface area contributed by atoms with Gasteiger partial charge < -0.3 is 19.4 Å². The lowest BCUT2D eigenvalue weighted by atomic mass is 9.94. The summed E-state index contributed by atoms with van der Waals surface area (Å²) in [4.78, 5) is 30.0. The minimum Gasteiger partial charge on any atom is -0.370 e. The van der Waals surface area contributed by atoms with Gasteiger partial charge in [-0.1, -0.05) is 0 Å². The van der Waals surface area contributed by atoms with Gasteiger partial charge in [-0.25, -0.2) is 0 Å². The highest BCUT2D eigenvalue weighted by Gasteiger charge is 2.27. The van der Waals surface area contributed by atoms with Crippen LogP contribution in [0.15, 0.2) is 6.07 Å². The number of hydrogen-bond donors (Lipinski definition) is 0. The van der Waals surface area contributed by atoms with Crippen molar-refractivity contribution in [2.75, 3.05) is 53.5 Å². The average molecular weight is 392 g/mol. The van der Waals surface area contributed by atoms with E-state index in [1.54, 1.807) is 0 Å². The van der Waals surface area contributed by atoms with Gasteiger partial charge >= 0.3 is 0 Å². The molecule has 0 N–H and O–H groups in total. The largest absolute Gasteiger partial charge is 0.370 e. The summed E-state index contributed by atoms with van der Waals surface area (Å²) in [5.74, 6) is 0.502. The number of ether oxygens (including phenoxy) is 1. The van der Waals surface area contributed by atoms with Gasteiger partial charge in [0.2, 0.25) is 11.8 Å². The summed E-state index contributed by atoms with van der Waals surface area (Å²) < 4.78 is 7.50. The molecular weight excluding hydrogens is 358 g/mol. The molecule has 1 aromatic heterocycles. The lowest BCUT2D eigenvalue weighted by Crippen LogP contribution is -2.41. The first-order valence-corrected chi connectivity index (χ1v) is 10.2. The number of amides is 2. The molecule has 0 aliphatic carbocycles. The van der Waals surface area contributed by atoms with Gasteiger partial charge in [0, 0.05) is 52.1 Å². The second kappa shape index (κ2) is 9.52. The molecule has 8 nitrogen and oxygen atoms in total. The zero-order chi connectivity index (χ0) is 20.1. The Morgan fingerprint density at radius 2 is 2.14 bits per heavy atom. The van der Waals surface area contributed by atoms with Crippen LogP contribution in [-0.2, 0) is 27.9 Å². The van der Waals surface area contributed by atoms with Crippen molar-refractivity contribution in [3.8, 4) is 0 Å². The average Bonchev–Trinajstić information content (AvgIpc) is 3.24. The zero-order valence-electron chi connectivity index (χ0n) is 17.4. The van der Waals surface area contributed by atoms with Crippen LogP contribution < -0.4 is 0 Å². The maximum absolute atomic E-state index is 12.5. The van der Waals surface area contributed by atoms with Gasteiger partial charge in [0.05, 0.1) is 18.0 Å². The summed E-state index contributed by atoms with van der Waals surface area (Å²) in [5, 5.41) is 4.69. The van der Waals surface area contributed by atoms with Crippen molar-refractivity contribution in [2.24, 2.45) is 7.05 Å². The Bertz CT molecular complexity index is 687. The third-order valence-corrected chi connectivity index (χ3v) is 5.57. The second-order valence-corrected chi connectivity index (χ2v) is 8.14. The molecule has 0 saturated carbocycles. The monoisotopic (exact) mass is 391 g/mol. The van der Waals surface area contributed by atoms with Gasteiger partial charge in [0.25, 0.3) is 0 Å². The Balaban J connectivity index is 1.46. The predicted molar refractivity (Wildman–Crippen MR) is 106 cm³/mol. The molecule has 2 aliphatic rings. The van der Waals surface area contributed by atoms with Crippen molar-refractivity contribution >= 4 is 11.8 Å². The van der Waals surface area contributed by atoms with Gasteiger partial charge in [0.1, 0.15) is 6.61 Å². The number of carbonyl (C=O) groups is 2. The maximum Gasteiger partial charge on any atom is 0.248 e. The van der Waals surface area contributed by atoms with E-state index in [1.807, 2.05) is 35.6 Å². The first kappa shape index (κ1) is 20.8. The maximum atomic E-state index is 12.5. The summed E-state index contributed by atoms with van der Waals surface area (Å²) in [6.07, 6.45) is 3.60. The molecule has 0 bridgehead atoms. The minimum absolute atomic E-state index is 0.0295. The highest BCUT2D eigenvalue weighted by molar-refractivity contribution is 5.78. The number of carbonyl (C=O) groups excluding carboxylic acids is 2. The van der Waals surface area contributed by atoms with Crippen LogP contribution in [-0.4, -0.2) is 89.8 Å². The first-order valence-electron chi connectivity index (χ1n) is 10.2. The quantitative estimate of drug-likeness (QED) is 0.614. The normalized spacial score (nSPS) is 20.4. The molecule has 156 valence electrons. The SMILES string of the molecule is CN(C)Cc1cc([C@H]2CCCN(C(=O)COCCN3CCCC3=O)C2)nn1C. The number of nitrogens with zero attached hydrogens (tertiary/aromatic N) is 5. The van der Waals surface area contributed by atoms with Crippen LogP contribution in [0.1, 0.15) is 43.0 Å². The van der Waals surface area contributed by atoms with Crippen LogP contribution in [0.3, 0.4) is 0 Å². The molecule has 2 saturated heterocycles. The molecule has 2 fully saturated rings. The van der Waals surface area contributed by atoms with E-state index in [1.165, 1.54) is 5.69 Å². The lowest BCUT2D eigenvalue weighted by molar-refractivity contribution is -0.137. The minimum atomic E-state index is 0.0295. The van der Waals surface area contributed by atoms with Crippen molar-refractivity contribution < 1.29 is 14.3 Å². The summed E-state index contributed by atoms with van der Waals surface area (Å²) in [5.41, 5.74) is 2.26. The molecule has 0 radical (unpaired) electrons. The molecule has 3 heterocycles. The van der Waals surface area contributed by atoms with E-state index >= 15 is 0 Å². The van der Waals surface area contributed by atoms with Crippen molar-refractivity contribution in [3.05, 3.63) is 17.5 Å². The van der Waals surface area contributed by atoms with Crippen LogP contribution in [0, 0.1) is 0 Å². The fourth-order valence-corrected chi connectivity index (χ4v) is 4.01. The zero-order valence-corrected chi connectivity index (χ0v) is 17.4. The van der Waals surface area contributed by atoms with E-state index in [-0.39, 0.29) is 24.3 Å². The number of aryl methyl sites for hydroxylation is 1. The summed E-state index contributed by atoms with van der Waals surface area (Å²) in [6, 6.07) is 2.17. The van der Waals surface area contributed by atoms with E-state index in [4.69, 9.17) is 9.84 Å². The Morgan fingerprint density at radius 1 is 1.32 bits per heavy atom. The standard InChI is InChI=1S/C20H33N5O3/c1-22(2)14-17-12-18(21-23(17)3)16-6-4-9-25(13-16)20(27)15-28-11-10-24-8-5-7-19(24)26/h12,16H,4-11,13-15H2,1-3H3/t16-/m0/s1. The Labute approximate surface area is 167 Å². The Morgan fingerprint density at radius 3 is 2.86 bits per heavy atom. The molecule has 2 amide bonds. The molecule has 3 rings (SSSR count). The molecule has 2 aliphatic heterocycles. The lowest BCUT2D eigenvalue weighted by Gasteiger charge is -2.32. The summed E-state index contributed by atoms with van der Waals surface area (Å²) >= 11 is 0. The smallest absolute Gasteiger partial charge is 0.248 e. The molecule has 0 unspecified atom stereocenters. The number of aromatic nitrogens is 2. The number of rotatable bonds is 8. The van der Waals surface area contributed by atoms with Crippen LogP contribution in [0.4, 0.5) is 0 Å². The Hall–Kier alpha value is -1.93. The van der Waals surface area contributed by atoms with Gasteiger partial charge in [-0.2, -0.15) is 5.10 Å². The summed E-state index contributed by atoms with van der Waals surface area (Å²) in [6.45, 7) is 4.23. The predicted octanol–water partition coefficient (Wildman–Crippen LogP) is 0.827. The highest BCUT2D eigenvalue weighted by Crippen LogP contribution is 2.26. The molecule has 28 heavy (non-hydrogen) atoms. The molecule has 1 aromatic rings. The Kier molecular flexibility index (Phi) is 7.07. The van der Waals surface area contributed by atoms with E-state index in [2.05, 4.69) is 11.0 Å². The van der Waals surface area contributed by atoms with Crippen molar-refractivity contribution in [3.63, 3.8) is 0 Å². The van der Waals surface area contributed by atoms with Crippen molar-refractivity contribution in [1.29, 1.82) is 0 Å². The number of hydrogen-bond acceptors (Lipinski definition) is 5. The van der Waals surface area contributed by atoms with E-state index in [0.717, 1.165) is 44.6 Å². The topological polar surface area (TPSA) is 70.9 Å². The molecule has 1 atom stereocenters. The van der Waals surface area contributed by atoms with Crippen LogP contribution >= 0.6 is 0 Å². The second-order valence-electron chi connectivity index (χ2n) is 8.14. The van der Waals surface area contributed by atoms with Crippen LogP contribution in [0.2, 0.25) is 0 Å². The van der Waals surface area contributed by atoms with E-state index < -0.39 is 0 Å². The van der Waals surface area contributed by atoms with Crippen LogP contribution in [0.5, 0.6) is 0 Å². The third-order valence-electron chi connectivity index (χ3n) is 5.57. The van der Waals surface area contributed by atoms with Gasteiger partial charge in [-0.3, -0.25) is 14.3 Å². The van der Waals surface area contributed by atoms with Gasteiger partial charge in [-0.15, -0.1) is 0 Å². The van der Waals surface area contributed by atoms with Gasteiger partial charge in [-0.05, 0) is 39.4 Å². The van der Waals surface area contributed by atoms with Crippen molar-refractivity contribution in [2.45, 2.75) is 38.1 Å². The van der Waals surface area contributed by atoms with Gasteiger partial charge in [0.15, 0.2) is 0 Å². The van der Waals surface area contributed by atoms with Crippen LogP contribution in [0.25, 0.3) is 0 Å². The molecular formula is C20H33N5O3. The van der Waals surface area contributed by atoms with E-state index in [0.29, 0.717) is 26.1 Å². The van der Waals surface area contributed by atoms with E-state index in [9.17, 15) is 9.59 Å². The highest BCUT2D eigenvalue weighted by atomic mass is 16.5. The molecule has 0 aromatic carbocycles. The number of likely N-dealkylation sites (tertiary alicyclic amines) is 2. The summed E-state index contributed by atoms with van der Waals surface area (Å²) in [7, 11) is 6.08. The fraction of sp³-hybridized carbons (Fsp3) is 0.750. The third kappa shape index (κ3) is 5.32. The molecule has 0 spiro atoms. The number of piperidine rings is 1. The first-order chi connectivity index (χ1) is 13.4. The molecule has 8 heteroatoms. The van der Waals surface area contributed by atoms with Crippen molar-refractivity contribution in [1.82, 2.24) is 24.5 Å². The fourth-order valence-electron chi connectivity index (χ4n) is 4.01.